The number of nitrogens with one attached hydrogen (secondary N) is 1. The SMILES string of the molecule is O=C1NC(=O)C(=Cc2cc3cncc(-c4ccc(C5CC5)cc4)c3o2)S1. The van der Waals surface area contributed by atoms with Crippen LogP contribution in [0.25, 0.3) is 28.2 Å². The Morgan fingerprint density at radius 1 is 1.15 bits per heavy atom. The Hall–Kier alpha value is -2.86. The van der Waals surface area contributed by atoms with Crippen molar-refractivity contribution in [2.45, 2.75) is 18.8 Å². The number of aromatic nitrogens is 1. The van der Waals surface area contributed by atoms with E-state index >= 15 is 0 Å². The Morgan fingerprint density at radius 3 is 2.65 bits per heavy atom. The molecule has 2 aliphatic rings. The second-order valence-corrected chi connectivity index (χ2v) is 7.52. The number of furan rings is 1. The van der Waals surface area contributed by atoms with E-state index in [4.69, 9.17) is 4.42 Å². The summed E-state index contributed by atoms with van der Waals surface area (Å²) in [6.07, 6.45) is 7.66. The molecular formula is C20H14N2O3S. The summed E-state index contributed by atoms with van der Waals surface area (Å²) in [5.74, 6) is 0.850. The van der Waals surface area contributed by atoms with Gasteiger partial charge in [-0.3, -0.25) is 19.9 Å². The van der Waals surface area contributed by atoms with Crippen LogP contribution in [0.2, 0.25) is 0 Å². The van der Waals surface area contributed by atoms with Gasteiger partial charge >= 0.3 is 0 Å². The molecule has 1 saturated carbocycles. The molecule has 1 aromatic carbocycles. The molecule has 5 rings (SSSR count). The van der Waals surface area contributed by atoms with Crippen LogP contribution in [-0.4, -0.2) is 16.1 Å². The second-order valence-electron chi connectivity index (χ2n) is 6.50. The van der Waals surface area contributed by atoms with E-state index < -0.39 is 5.91 Å². The molecule has 6 heteroatoms. The van der Waals surface area contributed by atoms with E-state index in [1.165, 1.54) is 18.4 Å². The van der Waals surface area contributed by atoms with E-state index in [0.29, 0.717) is 10.7 Å². The summed E-state index contributed by atoms with van der Waals surface area (Å²) in [4.78, 5) is 27.6. The lowest BCUT2D eigenvalue weighted by atomic mass is 10.0. The molecule has 2 amide bonds. The van der Waals surface area contributed by atoms with E-state index in [9.17, 15) is 9.59 Å². The zero-order chi connectivity index (χ0) is 17.7. The molecule has 2 fully saturated rings. The van der Waals surface area contributed by atoms with Gasteiger partial charge in [-0.05, 0) is 47.7 Å². The molecule has 1 aliphatic heterocycles. The molecule has 26 heavy (non-hydrogen) atoms. The first-order valence-corrected chi connectivity index (χ1v) is 9.22. The van der Waals surface area contributed by atoms with Crippen LogP contribution in [0.1, 0.15) is 30.1 Å². The number of carbonyl (C=O) groups is 2. The minimum Gasteiger partial charge on any atom is -0.456 e. The third kappa shape index (κ3) is 2.72. The Bertz CT molecular complexity index is 1080. The third-order valence-corrected chi connectivity index (χ3v) is 5.44. The summed E-state index contributed by atoms with van der Waals surface area (Å²) in [7, 11) is 0. The molecule has 0 radical (unpaired) electrons. The standard InChI is InChI=1S/C20H14N2O3S/c23-19-17(26-20(24)22-19)8-15-7-14-9-21-10-16(18(14)25-15)13-5-3-12(4-6-13)11-1-2-11/h3-11H,1-2H2,(H,22,23,24). The summed E-state index contributed by atoms with van der Waals surface area (Å²) in [6.45, 7) is 0. The van der Waals surface area contributed by atoms with E-state index in [2.05, 4.69) is 34.6 Å². The van der Waals surface area contributed by atoms with Crippen LogP contribution in [0.4, 0.5) is 4.79 Å². The maximum absolute atomic E-state index is 11.7. The van der Waals surface area contributed by atoms with Gasteiger partial charge in [0, 0.05) is 29.4 Å². The smallest absolute Gasteiger partial charge is 0.290 e. The second kappa shape index (κ2) is 5.85. The van der Waals surface area contributed by atoms with Crippen LogP contribution >= 0.6 is 11.8 Å². The van der Waals surface area contributed by atoms with Crippen molar-refractivity contribution in [3.63, 3.8) is 0 Å². The predicted molar refractivity (Wildman–Crippen MR) is 101 cm³/mol. The van der Waals surface area contributed by atoms with Crippen molar-refractivity contribution in [3.8, 4) is 11.1 Å². The fraction of sp³-hybridized carbons (Fsp3) is 0.150. The van der Waals surface area contributed by atoms with Crippen molar-refractivity contribution in [1.82, 2.24) is 10.3 Å². The number of rotatable bonds is 3. The van der Waals surface area contributed by atoms with Gasteiger partial charge in [-0.1, -0.05) is 24.3 Å². The zero-order valence-electron chi connectivity index (χ0n) is 13.7. The minimum atomic E-state index is -0.394. The van der Waals surface area contributed by atoms with Gasteiger partial charge in [-0.15, -0.1) is 0 Å². The first kappa shape index (κ1) is 15.4. The number of fused-ring (bicyclic) bond motifs is 1. The largest absolute Gasteiger partial charge is 0.456 e. The monoisotopic (exact) mass is 362 g/mol. The highest BCUT2D eigenvalue weighted by Crippen LogP contribution is 2.41. The Balaban J connectivity index is 1.54. The number of pyridine rings is 1. The molecule has 3 aromatic rings. The van der Waals surface area contributed by atoms with Gasteiger partial charge in [0.1, 0.15) is 11.3 Å². The molecule has 0 spiro atoms. The first-order valence-electron chi connectivity index (χ1n) is 8.40. The Morgan fingerprint density at radius 2 is 1.96 bits per heavy atom. The highest BCUT2D eigenvalue weighted by atomic mass is 32.2. The number of carbonyl (C=O) groups excluding carboxylic acids is 2. The van der Waals surface area contributed by atoms with E-state index in [1.807, 2.05) is 6.07 Å². The van der Waals surface area contributed by atoms with Gasteiger partial charge < -0.3 is 4.42 Å². The number of benzene rings is 1. The highest BCUT2D eigenvalue weighted by molar-refractivity contribution is 8.18. The maximum atomic E-state index is 11.7. The Labute approximate surface area is 153 Å². The summed E-state index contributed by atoms with van der Waals surface area (Å²) >= 11 is 0.875. The van der Waals surface area contributed by atoms with E-state index in [1.54, 1.807) is 18.5 Å². The lowest BCUT2D eigenvalue weighted by Gasteiger charge is -2.04. The average molecular weight is 362 g/mol. The summed E-state index contributed by atoms with van der Waals surface area (Å²) in [5.41, 5.74) is 4.06. The van der Waals surface area contributed by atoms with Crippen LogP contribution in [0.3, 0.4) is 0 Å². The van der Waals surface area contributed by atoms with Crippen molar-refractivity contribution >= 4 is 40.0 Å². The van der Waals surface area contributed by atoms with Crippen LogP contribution < -0.4 is 5.32 Å². The van der Waals surface area contributed by atoms with Crippen molar-refractivity contribution in [2.24, 2.45) is 0 Å². The number of nitrogens with zero attached hydrogens (tertiary/aromatic N) is 1. The summed E-state index contributed by atoms with van der Waals surface area (Å²) in [6, 6.07) is 10.4. The van der Waals surface area contributed by atoms with E-state index in [0.717, 1.165) is 39.8 Å². The molecule has 1 aliphatic carbocycles. The summed E-state index contributed by atoms with van der Waals surface area (Å²) < 4.78 is 5.97. The molecule has 0 unspecified atom stereocenters. The number of hydrogen-bond donors (Lipinski definition) is 1. The topological polar surface area (TPSA) is 72.2 Å². The summed E-state index contributed by atoms with van der Waals surface area (Å²) in [5, 5.41) is 2.73. The lowest BCUT2D eigenvalue weighted by molar-refractivity contribution is -0.115. The van der Waals surface area contributed by atoms with Gasteiger partial charge in [0.05, 0.1) is 4.91 Å². The molecule has 128 valence electrons. The normalized spacial score (nSPS) is 18.7. The molecule has 0 bridgehead atoms. The predicted octanol–water partition coefficient (Wildman–Crippen LogP) is 4.70. The zero-order valence-corrected chi connectivity index (χ0v) is 14.5. The van der Waals surface area contributed by atoms with Crippen LogP contribution in [0, 0.1) is 0 Å². The first-order chi connectivity index (χ1) is 12.7. The minimum absolute atomic E-state index is 0.331. The highest BCUT2D eigenvalue weighted by Gasteiger charge is 2.26. The fourth-order valence-electron chi connectivity index (χ4n) is 3.16. The quantitative estimate of drug-likeness (QED) is 0.684. The third-order valence-electron chi connectivity index (χ3n) is 4.63. The number of amides is 2. The van der Waals surface area contributed by atoms with Crippen LogP contribution in [-0.2, 0) is 4.79 Å². The van der Waals surface area contributed by atoms with Crippen molar-refractivity contribution in [2.75, 3.05) is 0 Å². The van der Waals surface area contributed by atoms with Crippen molar-refractivity contribution < 1.29 is 14.0 Å². The molecule has 3 heterocycles. The van der Waals surface area contributed by atoms with Crippen LogP contribution in [0.5, 0.6) is 0 Å². The van der Waals surface area contributed by atoms with Crippen molar-refractivity contribution in [1.29, 1.82) is 0 Å². The number of imide groups is 1. The lowest BCUT2D eigenvalue weighted by Crippen LogP contribution is -2.17. The van der Waals surface area contributed by atoms with Crippen LogP contribution in [0.15, 0.2) is 52.0 Å². The maximum Gasteiger partial charge on any atom is 0.290 e. The molecule has 1 N–H and O–H groups in total. The molecule has 0 atom stereocenters. The molecule has 5 nitrogen and oxygen atoms in total. The molecule has 2 aromatic heterocycles. The number of thioether (sulfide) groups is 1. The Kier molecular flexibility index (Phi) is 3.46. The van der Waals surface area contributed by atoms with Gasteiger partial charge in [-0.2, -0.15) is 0 Å². The molecular weight excluding hydrogens is 348 g/mol. The number of hydrogen-bond acceptors (Lipinski definition) is 5. The van der Waals surface area contributed by atoms with Gasteiger partial charge in [0.25, 0.3) is 11.1 Å². The van der Waals surface area contributed by atoms with Crippen molar-refractivity contribution in [3.05, 3.63) is 59.0 Å². The average Bonchev–Trinajstić information content (AvgIpc) is 3.33. The molecule has 1 saturated heterocycles. The fourth-order valence-corrected chi connectivity index (χ4v) is 3.82. The van der Waals surface area contributed by atoms with Gasteiger partial charge in [0.15, 0.2) is 0 Å². The van der Waals surface area contributed by atoms with E-state index in [-0.39, 0.29) is 5.24 Å². The van der Waals surface area contributed by atoms with Gasteiger partial charge in [-0.25, -0.2) is 0 Å². The van der Waals surface area contributed by atoms with Gasteiger partial charge in [0.2, 0.25) is 0 Å².